The summed E-state index contributed by atoms with van der Waals surface area (Å²) in [5.41, 5.74) is 1.96. The quantitative estimate of drug-likeness (QED) is 0.386. The Hall–Kier alpha value is -1.86. The van der Waals surface area contributed by atoms with E-state index in [9.17, 15) is 19.1 Å². The molecule has 0 spiro atoms. The SMILES string of the molecule is C/C1=C/CC(/C(C)=C/c2csc(CF)n2)OC(=O)CCC(C)(C)C(=O)[C@H](C)[C@@H](O)[C@@H](C)CCC1. The number of nitrogens with zero attached hydrogens (tertiary/aromatic N) is 1. The van der Waals surface area contributed by atoms with Gasteiger partial charge in [0.15, 0.2) is 0 Å². The van der Waals surface area contributed by atoms with E-state index in [0.717, 1.165) is 24.8 Å². The number of aliphatic hydroxyl groups is 1. The molecule has 0 saturated heterocycles. The van der Waals surface area contributed by atoms with E-state index in [2.05, 4.69) is 18.0 Å². The van der Waals surface area contributed by atoms with E-state index >= 15 is 0 Å². The number of hydrogen-bond donors (Lipinski definition) is 1. The molecule has 5 nitrogen and oxygen atoms in total. The summed E-state index contributed by atoms with van der Waals surface area (Å²) in [6.07, 6.45) is 6.43. The molecule has 1 unspecified atom stereocenters. The molecule has 0 radical (unpaired) electrons. The molecule has 190 valence electrons. The molecule has 1 aliphatic heterocycles. The number of esters is 1. The second-order valence-corrected chi connectivity index (χ2v) is 11.3. The van der Waals surface area contributed by atoms with Gasteiger partial charge in [-0.3, -0.25) is 9.59 Å². The molecule has 1 N–H and O–H groups in total. The summed E-state index contributed by atoms with van der Waals surface area (Å²) in [6, 6.07) is 0. The van der Waals surface area contributed by atoms with Crippen molar-refractivity contribution in [1.29, 1.82) is 0 Å². The summed E-state index contributed by atoms with van der Waals surface area (Å²) in [5.74, 6) is -0.856. The van der Waals surface area contributed by atoms with Crippen molar-refractivity contribution >= 4 is 29.2 Å². The highest BCUT2D eigenvalue weighted by Crippen LogP contribution is 2.32. The fourth-order valence-electron chi connectivity index (χ4n) is 4.41. The van der Waals surface area contributed by atoms with E-state index in [1.54, 1.807) is 12.3 Å². The second-order valence-electron chi connectivity index (χ2n) is 10.3. The third-order valence-electron chi connectivity index (χ3n) is 6.88. The first-order valence-corrected chi connectivity index (χ1v) is 13.1. The number of ether oxygens (including phenoxy) is 1. The lowest BCUT2D eigenvalue weighted by Crippen LogP contribution is -2.39. The maximum Gasteiger partial charge on any atom is 0.306 e. The van der Waals surface area contributed by atoms with Gasteiger partial charge in [0.25, 0.3) is 0 Å². The van der Waals surface area contributed by atoms with Crippen molar-refractivity contribution in [2.45, 2.75) is 98.9 Å². The van der Waals surface area contributed by atoms with Crippen molar-refractivity contribution < 1.29 is 23.8 Å². The second kappa shape index (κ2) is 12.7. The summed E-state index contributed by atoms with van der Waals surface area (Å²) < 4.78 is 18.7. The van der Waals surface area contributed by atoms with E-state index < -0.39 is 30.2 Å². The van der Waals surface area contributed by atoms with E-state index in [1.807, 2.05) is 33.8 Å². The van der Waals surface area contributed by atoms with Gasteiger partial charge in [0.05, 0.1) is 11.8 Å². The first-order valence-electron chi connectivity index (χ1n) is 12.2. The lowest BCUT2D eigenvalue weighted by atomic mass is 9.74. The fourth-order valence-corrected chi connectivity index (χ4v) is 5.01. The van der Waals surface area contributed by atoms with Crippen LogP contribution in [-0.4, -0.2) is 34.1 Å². The largest absolute Gasteiger partial charge is 0.457 e. The third kappa shape index (κ3) is 8.12. The Morgan fingerprint density at radius 1 is 1.32 bits per heavy atom. The van der Waals surface area contributed by atoms with Crippen LogP contribution in [0.1, 0.15) is 90.8 Å². The van der Waals surface area contributed by atoms with E-state index in [1.165, 1.54) is 16.9 Å². The lowest BCUT2D eigenvalue weighted by Gasteiger charge is -2.31. The standard InChI is InChI=1S/C27H40FNO4S/c1-17-8-7-9-18(2)25(31)20(4)26(32)27(5,6)13-12-24(30)33-22(11-10-17)19(3)14-21-16-34-23(15-28)29-21/h10,14,16,18,20,22,25,31H,7-9,11-13,15H2,1-6H3/b17-10-,19-14+/t18-,20+,22?,25-/m0/s1. The Morgan fingerprint density at radius 3 is 2.68 bits per heavy atom. The number of hydrogen-bond acceptors (Lipinski definition) is 6. The molecular formula is C27H40FNO4S. The van der Waals surface area contributed by atoms with Crippen LogP contribution in [0.15, 0.2) is 22.6 Å². The lowest BCUT2D eigenvalue weighted by molar-refractivity contribution is -0.148. The predicted octanol–water partition coefficient (Wildman–Crippen LogP) is 6.46. The van der Waals surface area contributed by atoms with Crippen molar-refractivity contribution in [2.75, 3.05) is 0 Å². The number of alkyl halides is 1. The Morgan fingerprint density at radius 2 is 2.03 bits per heavy atom. The Balaban J connectivity index is 2.27. The minimum absolute atomic E-state index is 0.0191. The molecular weight excluding hydrogens is 453 g/mol. The summed E-state index contributed by atoms with van der Waals surface area (Å²) in [4.78, 5) is 30.1. The van der Waals surface area contributed by atoms with Crippen LogP contribution in [0, 0.1) is 17.3 Å². The highest BCUT2D eigenvalue weighted by molar-refractivity contribution is 7.09. The van der Waals surface area contributed by atoms with Crippen LogP contribution in [0.3, 0.4) is 0 Å². The topological polar surface area (TPSA) is 76.5 Å². The Bertz CT molecular complexity index is 904. The van der Waals surface area contributed by atoms with Gasteiger partial charge in [-0.05, 0) is 57.1 Å². The molecule has 0 amide bonds. The van der Waals surface area contributed by atoms with E-state index in [-0.39, 0.29) is 24.1 Å². The third-order valence-corrected chi connectivity index (χ3v) is 7.71. The van der Waals surface area contributed by atoms with Crippen LogP contribution in [-0.2, 0) is 21.0 Å². The van der Waals surface area contributed by atoms with Crippen LogP contribution in [0.4, 0.5) is 4.39 Å². The van der Waals surface area contributed by atoms with Crippen LogP contribution in [0.2, 0.25) is 0 Å². The maximum absolute atomic E-state index is 13.1. The molecule has 1 aromatic rings. The molecule has 1 aromatic heterocycles. The first-order chi connectivity index (χ1) is 15.9. The van der Waals surface area contributed by atoms with Crippen molar-refractivity contribution in [3.63, 3.8) is 0 Å². The van der Waals surface area contributed by atoms with Gasteiger partial charge >= 0.3 is 5.97 Å². The molecule has 0 saturated carbocycles. The molecule has 4 atom stereocenters. The number of rotatable bonds is 3. The van der Waals surface area contributed by atoms with Gasteiger partial charge in [-0.25, -0.2) is 9.37 Å². The van der Waals surface area contributed by atoms with Crippen molar-refractivity contribution in [1.82, 2.24) is 4.98 Å². The van der Waals surface area contributed by atoms with Gasteiger partial charge in [0.1, 0.15) is 23.6 Å². The van der Waals surface area contributed by atoms with Crippen molar-refractivity contribution in [2.24, 2.45) is 17.3 Å². The number of allylic oxidation sites excluding steroid dienone is 1. The van der Waals surface area contributed by atoms with Crippen LogP contribution in [0.25, 0.3) is 6.08 Å². The average molecular weight is 494 g/mol. The number of ketones is 1. The summed E-state index contributed by atoms with van der Waals surface area (Å²) in [6.45, 7) is 10.8. The predicted molar refractivity (Wildman–Crippen MR) is 135 cm³/mol. The molecule has 0 bridgehead atoms. The molecule has 34 heavy (non-hydrogen) atoms. The van der Waals surface area contributed by atoms with Gasteiger partial charge in [-0.2, -0.15) is 0 Å². The van der Waals surface area contributed by atoms with Gasteiger partial charge in [0, 0.05) is 29.6 Å². The van der Waals surface area contributed by atoms with Gasteiger partial charge < -0.3 is 9.84 Å². The number of thiazole rings is 1. The van der Waals surface area contributed by atoms with Crippen molar-refractivity contribution in [3.05, 3.63) is 33.3 Å². The average Bonchev–Trinajstić information content (AvgIpc) is 3.25. The Kier molecular flexibility index (Phi) is 10.6. The fraction of sp³-hybridized carbons (Fsp3) is 0.667. The number of Topliss-reactive ketones (excluding diaryl/α,β-unsaturated/α-hetero) is 1. The molecule has 0 aromatic carbocycles. The van der Waals surface area contributed by atoms with Crippen LogP contribution < -0.4 is 0 Å². The number of cyclic esters (lactones) is 1. The van der Waals surface area contributed by atoms with Gasteiger partial charge in [0.2, 0.25) is 0 Å². The monoisotopic (exact) mass is 493 g/mol. The minimum atomic E-state index is -0.740. The van der Waals surface area contributed by atoms with Gasteiger partial charge in [-0.1, -0.05) is 39.3 Å². The van der Waals surface area contributed by atoms with Crippen LogP contribution in [0.5, 0.6) is 0 Å². The van der Waals surface area contributed by atoms with Crippen LogP contribution >= 0.6 is 11.3 Å². The minimum Gasteiger partial charge on any atom is -0.457 e. The first kappa shape index (κ1) is 28.4. The zero-order valence-corrected chi connectivity index (χ0v) is 22.2. The highest BCUT2D eigenvalue weighted by Gasteiger charge is 2.36. The maximum atomic E-state index is 13.1. The molecule has 0 fully saturated rings. The molecule has 1 aliphatic rings. The number of carbonyl (C=O) groups excluding carboxylic acids is 2. The Labute approximate surface area is 207 Å². The van der Waals surface area contributed by atoms with Crippen molar-refractivity contribution in [3.8, 4) is 0 Å². The smallest absolute Gasteiger partial charge is 0.306 e. The zero-order valence-electron chi connectivity index (χ0n) is 21.4. The summed E-state index contributed by atoms with van der Waals surface area (Å²) in [7, 11) is 0. The van der Waals surface area contributed by atoms with E-state index in [4.69, 9.17) is 4.74 Å². The summed E-state index contributed by atoms with van der Waals surface area (Å²) in [5, 5.41) is 13.0. The molecule has 2 rings (SSSR count). The normalized spacial score (nSPS) is 29.9. The summed E-state index contributed by atoms with van der Waals surface area (Å²) >= 11 is 1.27. The number of halogens is 1. The molecule has 2 heterocycles. The number of aromatic nitrogens is 1. The molecule has 0 aliphatic carbocycles. The van der Waals surface area contributed by atoms with E-state index in [0.29, 0.717) is 23.5 Å². The number of aliphatic hydroxyl groups excluding tert-OH is 1. The zero-order chi connectivity index (χ0) is 25.5. The number of carbonyl (C=O) groups is 2. The molecule has 7 heteroatoms. The highest BCUT2D eigenvalue weighted by atomic mass is 32.1. The van der Waals surface area contributed by atoms with Gasteiger partial charge in [-0.15, -0.1) is 11.3 Å².